The first-order valence-electron chi connectivity index (χ1n) is 8.21. The van der Waals surface area contributed by atoms with Crippen LogP contribution in [0.1, 0.15) is 71.6 Å². The summed E-state index contributed by atoms with van der Waals surface area (Å²) in [7, 11) is 0. The Bertz CT molecular complexity index is 338. The fraction of sp³-hybridized carbons (Fsp3) is 0.875. The monoisotopic (exact) mass is 298 g/mol. The molecule has 0 radical (unpaired) electrons. The molecule has 1 fully saturated rings. The maximum absolute atomic E-state index is 11.8. The van der Waals surface area contributed by atoms with Crippen LogP contribution >= 0.6 is 0 Å². The van der Waals surface area contributed by atoms with Gasteiger partial charge < -0.3 is 15.7 Å². The summed E-state index contributed by atoms with van der Waals surface area (Å²) in [6.45, 7) is 5.13. The number of carbonyl (C=O) groups excluding carboxylic acids is 1. The molecule has 0 spiro atoms. The van der Waals surface area contributed by atoms with Crippen molar-refractivity contribution >= 4 is 12.0 Å². The molecule has 1 rings (SSSR count). The Morgan fingerprint density at radius 1 is 1.14 bits per heavy atom. The predicted molar refractivity (Wildman–Crippen MR) is 83.3 cm³/mol. The van der Waals surface area contributed by atoms with Gasteiger partial charge in [0.15, 0.2) is 0 Å². The number of hydrogen-bond acceptors (Lipinski definition) is 2. The average molecular weight is 298 g/mol. The number of amides is 2. The van der Waals surface area contributed by atoms with Gasteiger partial charge in [-0.05, 0) is 31.6 Å². The maximum Gasteiger partial charge on any atom is 0.315 e. The second-order valence-corrected chi connectivity index (χ2v) is 6.68. The Morgan fingerprint density at radius 2 is 1.81 bits per heavy atom. The van der Waals surface area contributed by atoms with Crippen molar-refractivity contribution in [3.05, 3.63) is 0 Å². The van der Waals surface area contributed by atoms with Crippen LogP contribution in [-0.2, 0) is 4.79 Å². The molecule has 5 nitrogen and oxygen atoms in total. The number of urea groups is 1. The van der Waals surface area contributed by atoms with Gasteiger partial charge in [-0.15, -0.1) is 0 Å². The van der Waals surface area contributed by atoms with Crippen LogP contribution in [0.4, 0.5) is 4.79 Å². The third-order valence-electron chi connectivity index (χ3n) is 4.17. The molecule has 1 aliphatic rings. The molecule has 0 heterocycles. The van der Waals surface area contributed by atoms with Crippen molar-refractivity contribution in [3.8, 4) is 0 Å². The van der Waals surface area contributed by atoms with E-state index in [4.69, 9.17) is 5.11 Å². The molecule has 0 saturated heterocycles. The third-order valence-corrected chi connectivity index (χ3v) is 4.17. The Labute approximate surface area is 127 Å². The van der Waals surface area contributed by atoms with Gasteiger partial charge >= 0.3 is 12.0 Å². The Kier molecular flexibility index (Phi) is 7.54. The minimum absolute atomic E-state index is 0.0234. The lowest BCUT2D eigenvalue weighted by atomic mass is 9.74. The van der Waals surface area contributed by atoms with Gasteiger partial charge in [0.2, 0.25) is 0 Å². The van der Waals surface area contributed by atoms with Gasteiger partial charge in [-0.25, -0.2) is 4.79 Å². The maximum atomic E-state index is 11.8. The van der Waals surface area contributed by atoms with Gasteiger partial charge in [0.1, 0.15) is 0 Å². The highest BCUT2D eigenvalue weighted by atomic mass is 16.4. The molecule has 0 atom stereocenters. The second kappa shape index (κ2) is 8.90. The summed E-state index contributed by atoms with van der Waals surface area (Å²) < 4.78 is 0. The smallest absolute Gasteiger partial charge is 0.315 e. The van der Waals surface area contributed by atoms with E-state index in [9.17, 15) is 9.59 Å². The molecule has 3 N–H and O–H groups in total. The van der Waals surface area contributed by atoms with Crippen LogP contribution in [0.25, 0.3) is 0 Å². The van der Waals surface area contributed by atoms with E-state index in [-0.39, 0.29) is 12.5 Å². The van der Waals surface area contributed by atoms with Crippen molar-refractivity contribution in [2.45, 2.75) is 77.2 Å². The number of carboxylic acid groups (broad SMARTS) is 1. The minimum atomic E-state index is -0.847. The highest BCUT2D eigenvalue weighted by Crippen LogP contribution is 2.34. The van der Waals surface area contributed by atoms with Gasteiger partial charge in [-0.3, -0.25) is 4.79 Å². The normalized spacial score (nSPS) is 16.3. The number of carboxylic acids is 1. The van der Waals surface area contributed by atoms with Gasteiger partial charge in [-0.2, -0.15) is 0 Å². The van der Waals surface area contributed by atoms with Gasteiger partial charge in [0.05, 0.1) is 12.0 Å². The molecule has 0 aromatic carbocycles. The van der Waals surface area contributed by atoms with Gasteiger partial charge in [0, 0.05) is 6.54 Å². The molecule has 0 aliphatic heterocycles. The number of hydrogen-bond donors (Lipinski definition) is 3. The fourth-order valence-corrected chi connectivity index (χ4v) is 2.76. The zero-order valence-corrected chi connectivity index (χ0v) is 13.4. The summed E-state index contributed by atoms with van der Waals surface area (Å²) in [5.41, 5.74) is -0.507. The molecule has 0 aromatic rings. The summed E-state index contributed by atoms with van der Waals surface area (Å²) in [5, 5.41) is 14.6. The van der Waals surface area contributed by atoms with E-state index in [2.05, 4.69) is 24.5 Å². The number of rotatable bonds is 10. The fourth-order valence-electron chi connectivity index (χ4n) is 2.76. The minimum Gasteiger partial charge on any atom is -0.481 e. The van der Waals surface area contributed by atoms with Crippen LogP contribution in [-0.4, -0.2) is 29.2 Å². The first-order chi connectivity index (χ1) is 9.93. The highest BCUT2D eigenvalue weighted by Gasteiger charge is 2.40. The van der Waals surface area contributed by atoms with Crippen LogP contribution < -0.4 is 10.6 Å². The zero-order chi connectivity index (χ0) is 15.7. The average Bonchev–Trinajstić information content (AvgIpc) is 2.34. The first kappa shape index (κ1) is 17.8. The highest BCUT2D eigenvalue weighted by molar-refractivity contribution is 5.77. The van der Waals surface area contributed by atoms with E-state index in [0.717, 1.165) is 38.0 Å². The lowest BCUT2D eigenvalue weighted by molar-refractivity contribution is -0.139. The molecular weight excluding hydrogens is 268 g/mol. The molecule has 1 aliphatic carbocycles. The van der Waals surface area contributed by atoms with E-state index >= 15 is 0 Å². The number of carbonyl (C=O) groups is 2. The molecule has 1 saturated carbocycles. The van der Waals surface area contributed by atoms with E-state index in [0.29, 0.717) is 6.54 Å². The SMILES string of the molecule is CC(C)CCCCCCNC(=O)NC1(CC(=O)O)CCC1. The number of aliphatic carboxylic acids is 1. The lowest BCUT2D eigenvalue weighted by Crippen LogP contribution is -2.57. The third kappa shape index (κ3) is 7.34. The lowest BCUT2D eigenvalue weighted by Gasteiger charge is -2.41. The van der Waals surface area contributed by atoms with E-state index in [1.165, 1.54) is 19.3 Å². The molecule has 122 valence electrons. The molecule has 0 unspecified atom stereocenters. The molecule has 5 heteroatoms. The van der Waals surface area contributed by atoms with Crippen LogP contribution in [0.2, 0.25) is 0 Å². The van der Waals surface area contributed by atoms with E-state index < -0.39 is 11.5 Å². The van der Waals surface area contributed by atoms with Crippen LogP contribution in [0.15, 0.2) is 0 Å². The van der Waals surface area contributed by atoms with E-state index in [1.54, 1.807) is 0 Å². The zero-order valence-electron chi connectivity index (χ0n) is 13.4. The Morgan fingerprint density at radius 3 is 2.33 bits per heavy atom. The predicted octanol–water partition coefficient (Wildman–Crippen LogP) is 3.29. The summed E-state index contributed by atoms with van der Waals surface area (Å²) in [6, 6.07) is -0.224. The van der Waals surface area contributed by atoms with Crippen LogP contribution in [0, 0.1) is 5.92 Å². The Hall–Kier alpha value is -1.26. The first-order valence-corrected chi connectivity index (χ1v) is 8.21. The van der Waals surface area contributed by atoms with Gasteiger partial charge in [0.25, 0.3) is 0 Å². The van der Waals surface area contributed by atoms with Crippen molar-refractivity contribution in [3.63, 3.8) is 0 Å². The summed E-state index contributed by atoms with van der Waals surface area (Å²) in [6.07, 6.45) is 8.40. The van der Waals surface area contributed by atoms with Crippen molar-refractivity contribution in [1.82, 2.24) is 10.6 Å². The van der Waals surface area contributed by atoms with Crippen LogP contribution in [0.5, 0.6) is 0 Å². The van der Waals surface area contributed by atoms with Crippen molar-refractivity contribution in [2.24, 2.45) is 5.92 Å². The summed E-state index contributed by atoms with van der Waals surface area (Å²) in [5.74, 6) is -0.0815. The van der Waals surface area contributed by atoms with Crippen molar-refractivity contribution in [1.29, 1.82) is 0 Å². The summed E-state index contributed by atoms with van der Waals surface area (Å²) >= 11 is 0. The second-order valence-electron chi connectivity index (χ2n) is 6.68. The Balaban J connectivity index is 2.07. The van der Waals surface area contributed by atoms with Gasteiger partial charge in [-0.1, -0.05) is 39.5 Å². The summed E-state index contributed by atoms with van der Waals surface area (Å²) in [4.78, 5) is 22.6. The largest absolute Gasteiger partial charge is 0.481 e. The quantitative estimate of drug-likeness (QED) is 0.541. The molecule has 2 amide bonds. The molecular formula is C16H30N2O3. The van der Waals surface area contributed by atoms with Crippen molar-refractivity contribution < 1.29 is 14.7 Å². The molecule has 0 aromatic heterocycles. The molecule has 0 bridgehead atoms. The topological polar surface area (TPSA) is 78.4 Å². The van der Waals surface area contributed by atoms with E-state index in [1.807, 2.05) is 0 Å². The number of unbranched alkanes of at least 4 members (excludes halogenated alkanes) is 3. The number of nitrogens with one attached hydrogen (secondary N) is 2. The van der Waals surface area contributed by atoms with Crippen LogP contribution in [0.3, 0.4) is 0 Å². The molecule has 21 heavy (non-hydrogen) atoms. The van der Waals surface area contributed by atoms with Crippen molar-refractivity contribution in [2.75, 3.05) is 6.54 Å². The standard InChI is InChI=1S/C16H30N2O3/c1-13(2)8-5-3-4-6-11-17-15(21)18-16(9-7-10-16)12-14(19)20/h13H,3-12H2,1-2H3,(H,19,20)(H2,17,18,21).